The molecule has 3 rings (SSSR count). The van der Waals surface area contributed by atoms with Crippen LogP contribution in [-0.2, 0) is 11.3 Å². The van der Waals surface area contributed by atoms with Crippen LogP contribution in [-0.4, -0.2) is 37.6 Å². The Morgan fingerprint density at radius 3 is 2.59 bits per heavy atom. The number of ether oxygens (including phenoxy) is 1. The number of rotatable bonds is 7. The standard InChI is InChI=1S/C22H27FN2O2/c1-25(15-18-6-3-2-4-7-18)21(26)14-22(12-5-13-24-16-22)17-27-20-10-8-19(23)9-11-20/h2-4,6-11,24H,5,12-17H2,1H3. The molecular formula is C22H27FN2O2. The number of amides is 1. The number of nitrogens with zero attached hydrogens (tertiary/aromatic N) is 1. The first-order valence-electron chi connectivity index (χ1n) is 9.43. The van der Waals surface area contributed by atoms with Gasteiger partial charge in [-0.25, -0.2) is 4.39 Å². The number of nitrogens with one attached hydrogen (secondary N) is 1. The highest BCUT2D eigenvalue weighted by Crippen LogP contribution is 2.32. The second-order valence-corrected chi connectivity index (χ2v) is 7.44. The Morgan fingerprint density at radius 2 is 1.93 bits per heavy atom. The highest BCUT2D eigenvalue weighted by atomic mass is 19.1. The minimum absolute atomic E-state index is 0.116. The number of halogens is 1. The van der Waals surface area contributed by atoms with Crippen molar-refractivity contribution in [2.75, 3.05) is 26.7 Å². The molecule has 0 aliphatic carbocycles. The number of piperidine rings is 1. The number of hydrogen-bond donors (Lipinski definition) is 1. The molecule has 0 saturated carbocycles. The van der Waals surface area contributed by atoms with Crippen molar-refractivity contribution in [3.8, 4) is 5.75 Å². The monoisotopic (exact) mass is 370 g/mol. The van der Waals surface area contributed by atoms with Crippen molar-refractivity contribution in [3.63, 3.8) is 0 Å². The van der Waals surface area contributed by atoms with Crippen LogP contribution in [0.1, 0.15) is 24.8 Å². The van der Waals surface area contributed by atoms with E-state index in [1.54, 1.807) is 17.0 Å². The van der Waals surface area contributed by atoms with E-state index in [2.05, 4.69) is 5.32 Å². The van der Waals surface area contributed by atoms with E-state index in [0.717, 1.165) is 31.5 Å². The van der Waals surface area contributed by atoms with Crippen LogP contribution in [0.15, 0.2) is 54.6 Å². The van der Waals surface area contributed by atoms with Crippen LogP contribution < -0.4 is 10.1 Å². The summed E-state index contributed by atoms with van der Waals surface area (Å²) in [4.78, 5) is 14.7. The molecule has 4 nitrogen and oxygen atoms in total. The van der Waals surface area contributed by atoms with Gasteiger partial charge in [0.15, 0.2) is 0 Å². The molecule has 5 heteroatoms. The maximum atomic E-state index is 13.1. The molecule has 1 saturated heterocycles. The van der Waals surface area contributed by atoms with Crippen LogP contribution in [0.3, 0.4) is 0 Å². The van der Waals surface area contributed by atoms with Crippen molar-refractivity contribution in [1.29, 1.82) is 0 Å². The average molecular weight is 370 g/mol. The summed E-state index contributed by atoms with van der Waals surface area (Å²) >= 11 is 0. The van der Waals surface area contributed by atoms with E-state index < -0.39 is 0 Å². The van der Waals surface area contributed by atoms with Crippen molar-refractivity contribution in [1.82, 2.24) is 10.2 Å². The maximum Gasteiger partial charge on any atom is 0.223 e. The quantitative estimate of drug-likeness (QED) is 0.809. The highest BCUT2D eigenvalue weighted by molar-refractivity contribution is 5.76. The van der Waals surface area contributed by atoms with Crippen LogP contribution in [0.25, 0.3) is 0 Å². The van der Waals surface area contributed by atoms with Gasteiger partial charge < -0.3 is 15.0 Å². The molecule has 2 aromatic carbocycles. The lowest BCUT2D eigenvalue weighted by Gasteiger charge is -2.38. The zero-order valence-electron chi connectivity index (χ0n) is 15.8. The van der Waals surface area contributed by atoms with E-state index in [4.69, 9.17) is 4.74 Å². The minimum atomic E-state index is -0.283. The van der Waals surface area contributed by atoms with Gasteiger partial charge in [-0.05, 0) is 49.2 Å². The van der Waals surface area contributed by atoms with Gasteiger partial charge in [-0.3, -0.25) is 4.79 Å². The second kappa shape index (κ2) is 9.00. The molecule has 27 heavy (non-hydrogen) atoms. The Hall–Kier alpha value is -2.40. The third-order valence-corrected chi connectivity index (χ3v) is 5.13. The Balaban J connectivity index is 1.62. The fraction of sp³-hybridized carbons (Fsp3) is 0.409. The second-order valence-electron chi connectivity index (χ2n) is 7.44. The molecule has 0 bridgehead atoms. The molecule has 1 atom stereocenters. The Bertz CT molecular complexity index is 728. The van der Waals surface area contributed by atoms with Crippen molar-refractivity contribution >= 4 is 5.91 Å². The highest BCUT2D eigenvalue weighted by Gasteiger charge is 2.36. The summed E-state index contributed by atoms with van der Waals surface area (Å²) in [5.41, 5.74) is 0.876. The normalized spacial score (nSPS) is 19.5. The number of carbonyl (C=O) groups excluding carboxylic acids is 1. The first-order chi connectivity index (χ1) is 13.1. The summed E-state index contributed by atoms with van der Waals surface area (Å²) in [7, 11) is 1.85. The van der Waals surface area contributed by atoms with Crippen molar-refractivity contribution in [2.24, 2.45) is 5.41 Å². The van der Waals surface area contributed by atoms with Crippen LogP contribution in [0.5, 0.6) is 5.75 Å². The molecule has 1 heterocycles. The fourth-order valence-corrected chi connectivity index (χ4v) is 3.52. The summed E-state index contributed by atoms with van der Waals surface area (Å²) < 4.78 is 19.0. The molecule has 0 radical (unpaired) electrons. The smallest absolute Gasteiger partial charge is 0.223 e. The van der Waals surface area contributed by atoms with Crippen LogP contribution >= 0.6 is 0 Å². The van der Waals surface area contributed by atoms with Gasteiger partial charge >= 0.3 is 0 Å². The SMILES string of the molecule is CN(Cc1ccccc1)C(=O)CC1(COc2ccc(F)cc2)CCCNC1. The Morgan fingerprint density at radius 1 is 1.19 bits per heavy atom. The van der Waals surface area contributed by atoms with Gasteiger partial charge in [0, 0.05) is 32.0 Å². The lowest BCUT2D eigenvalue weighted by molar-refractivity contribution is -0.134. The molecule has 144 valence electrons. The summed E-state index contributed by atoms with van der Waals surface area (Å²) in [5, 5.41) is 3.40. The topological polar surface area (TPSA) is 41.6 Å². The molecule has 1 unspecified atom stereocenters. The van der Waals surface area contributed by atoms with Gasteiger partial charge in [-0.15, -0.1) is 0 Å². The molecule has 0 spiro atoms. The van der Waals surface area contributed by atoms with Gasteiger partial charge in [0.05, 0.1) is 6.61 Å². The fourth-order valence-electron chi connectivity index (χ4n) is 3.52. The minimum Gasteiger partial charge on any atom is -0.493 e. The van der Waals surface area contributed by atoms with E-state index >= 15 is 0 Å². The zero-order chi connectivity index (χ0) is 19.1. The lowest BCUT2D eigenvalue weighted by atomic mass is 9.78. The zero-order valence-corrected chi connectivity index (χ0v) is 15.8. The Kier molecular flexibility index (Phi) is 6.45. The van der Waals surface area contributed by atoms with E-state index in [-0.39, 0.29) is 17.1 Å². The third-order valence-electron chi connectivity index (χ3n) is 5.13. The molecule has 1 N–H and O–H groups in total. The third kappa shape index (κ3) is 5.54. The van der Waals surface area contributed by atoms with Crippen LogP contribution in [0, 0.1) is 11.2 Å². The molecule has 1 aliphatic heterocycles. The first-order valence-corrected chi connectivity index (χ1v) is 9.43. The molecule has 0 aromatic heterocycles. The van der Waals surface area contributed by atoms with Crippen LogP contribution in [0.4, 0.5) is 4.39 Å². The van der Waals surface area contributed by atoms with Gasteiger partial charge in [0.25, 0.3) is 0 Å². The van der Waals surface area contributed by atoms with E-state index in [1.807, 2.05) is 37.4 Å². The number of hydrogen-bond acceptors (Lipinski definition) is 3. The van der Waals surface area contributed by atoms with Gasteiger partial charge in [0.2, 0.25) is 5.91 Å². The summed E-state index contributed by atoms with van der Waals surface area (Å²) in [6, 6.07) is 16.0. The van der Waals surface area contributed by atoms with E-state index in [0.29, 0.717) is 25.3 Å². The molecular weight excluding hydrogens is 343 g/mol. The molecule has 1 amide bonds. The summed E-state index contributed by atoms with van der Waals surface area (Å²) in [6.45, 7) is 2.75. The van der Waals surface area contributed by atoms with Crippen molar-refractivity contribution < 1.29 is 13.9 Å². The predicted octanol–water partition coefficient (Wildman–Crippen LogP) is 3.62. The average Bonchev–Trinajstić information content (AvgIpc) is 2.69. The van der Waals surface area contributed by atoms with Crippen molar-refractivity contribution in [2.45, 2.75) is 25.8 Å². The van der Waals surface area contributed by atoms with Gasteiger partial charge in [-0.1, -0.05) is 30.3 Å². The largest absolute Gasteiger partial charge is 0.493 e. The predicted molar refractivity (Wildman–Crippen MR) is 104 cm³/mol. The molecule has 1 aliphatic rings. The Labute approximate surface area is 160 Å². The maximum absolute atomic E-state index is 13.1. The van der Waals surface area contributed by atoms with Crippen LogP contribution in [0.2, 0.25) is 0 Å². The lowest BCUT2D eigenvalue weighted by Crippen LogP contribution is -2.47. The molecule has 2 aromatic rings. The van der Waals surface area contributed by atoms with Gasteiger partial charge in [0.1, 0.15) is 11.6 Å². The number of carbonyl (C=O) groups is 1. The van der Waals surface area contributed by atoms with Crippen molar-refractivity contribution in [3.05, 3.63) is 66.0 Å². The summed E-state index contributed by atoms with van der Waals surface area (Å²) in [6.07, 6.45) is 2.39. The summed E-state index contributed by atoms with van der Waals surface area (Å²) in [5.74, 6) is 0.464. The van der Waals surface area contributed by atoms with Gasteiger partial charge in [-0.2, -0.15) is 0 Å². The molecule has 1 fully saturated rings. The van der Waals surface area contributed by atoms with E-state index in [1.165, 1.54) is 12.1 Å². The number of benzene rings is 2. The first kappa shape index (κ1) is 19.4. The van der Waals surface area contributed by atoms with E-state index in [9.17, 15) is 9.18 Å².